The SMILES string of the molecule is O=C(NCCn1cccn1)c1coc(CN2CCN(C/C=C/c3ccccc3)CC2)n1. The molecule has 1 aliphatic heterocycles. The minimum atomic E-state index is -0.225. The van der Waals surface area contributed by atoms with Gasteiger partial charge in [0, 0.05) is 51.7 Å². The van der Waals surface area contributed by atoms with E-state index in [-0.39, 0.29) is 5.91 Å². The second kappa shape index (κ2) is 10.7. The molecular weight excluding hydrogens is 392 g/mol. The van der Waals surface area contributed by atoms with Crippen LogP contribution in [0.2, 0.25) is 0 Å². The summed E-state index contributed by atoms with van der Waals surface area (Å²) in [6, 6.07) is 12.2. The molecule has 0 saturated carbocycles. The number of carbonyl (C=O) groups excluding carboxylic acids is 1. The molecule has 0 aliphatic carbocycles. The van der Waals surface area contributed by atoms with Gasteiger partial charge in [-0.05, 0) is 11.6 Å². The zero-order valence-corrected chi connectivity index (χ0v) is 17.6. The molecule has 0 radical (unpaired) electrons. The van der Waals surface area contributed by atoms with Crippen molar-refractivity contribution in [3.63, 3.8) is 0 Å². The molecule has 8 nitrogen and oxygen atoms in total. The van der Waals surface area contributed by atoms with Gasteiger partial charge >= 0.3 is 0 Å². The van der Waals surface area contributed by atoms with E-state index in [0.29, 0.717) is 31.2 Å². The molecule has 162 valence electrons. The first-order valence-electron chi connectivity index (χ1n) is 10.6. The predicted molar refractivity (Wildman–Crippen MR) is 118 cm³/mol. The average Bonchev–Trinajstić information content (AvgIpc) is 3.48. The molecule has 3 heterocycles. The van der Waals surface area contributed by atoms with Crippen LogP contribution >= 0.6 is 0 Å². The van der Waals surface area contributed by atoms with Gasteiger partial charge in [0.25, 0.3) is 5.91 Å². The first kappa shape index (κ1) is 21.0. The Bertz CT molecular complexity index is 959. The van der Waals surface area contributed by atoms with Crippen LogP contribution in [0.3, 0.4) is 0 Å². The molecule has 1 fully saturated rings. The fourth-order valence-electron chi connectivity index (χ4n) is 3.52. The summed E-state index contributed by atoms with van der Waals surface area (Å²) in [5.41, 5.74) is 1.55. The molecule has 3 aromatic rings. The van der Waals surface area contributed by atoms with Crippen molar-refractivity contribution in [3.8, 4) is 0 Å². The Labute approximate surface area is 182 Å². The number of nitrogens with one attached hydrogen (secondary N) is 1. The lowest BCUT2D eigenvalue weighted by molar-refractivity contribution is 0.0946. The van der Waals surface area contributed by atoms with Crippen LogP contribution in [0.25, 0.3) is 6.08 Å². The zero-order chi connectivity index (χ0) is 21.3. The van der Waals surface area contributed by atoms with Crippen LogP contribution in [0.4, 0.5) is 0 Å². The molecule has 31 heavy (non-hydrogen) atoms. The predicted octanol–water partition coefficient (Wildman–Crippen LogP) is 2.13. The van der Waals surface area contributed by atoms with Crippen LogP contribution < -0.4 is 5.32 Å². The lowest BCUT2D eigenvalue weighted by atomic mass is 10.2. The Morgan fingerprint density at radius 3 is 2.68 bits per heavy atom. The number of hydrogen-bond acceptors (Lipinski definition) is 6. The van der Waals surface area contributed by atoms with E-state index < -0.39 is 0 Å². The highest BCUT2D eigenvalue weighted by Gasteiger charge is 2.19. The van der Waals surface area contributed by atoms with Gasteiger partial charge in [0.2, 0.25) is 5.89 Å². The maximum absolute atomic E-state index is 12.2. The van der Waals surface area contributed by atoms with E-state index in [1.807, 2.05) is 18.3 Å². The van der Waals surface area contributed by atoms with Gasteiger partial charge < -0.3 is 9.73 Å². The topological polar surface area (TPSA) is 79.4 Å². The number of rotatable bonds is 9. The Morgan fingerprint density at radius 1 is 1.10 bits per heavy atom. The van der Waals surface area contributed by atoms with E-state index in [4.69, 9.17) is 4.42 Å². The molecular formula is C23H28N6O2. The van der Waals surface area contributed by atoms with Crippen molar-refractivity contribution in [2.24, 2.45) is 0 Å². The van der Waals surface area contributed by atoms with Crippen molar-refractivity contribution in [1.29, 1.82) is 0 Å². The average molecular weight is 421 g/mol. The van der Waals surface area contributed by atoms with Crippen molar-refractivity contribution in [2.45, 2.75) is 13.1 Å². The van der Waals surface area contributed by atoms with Gasteiger partial charge in [-0.15, -0.1) is 0 Å². The standard InChI is InChI=1S/C23H28N6O2/c30-23(24-10-13-29-12-5-9-25-29)21-19-31-22(26-21)18-28-16-14-27(15-17-28)11-4-8-20-6-2-1-3-7-20/h1-9,12,19H,10-11,13-18H2,(H,24,30)/b8-4+. The lowest BCUT2D eigenvalue weighted by Gasteiger charge is -2.33. The number of nitrogens with zero attached hydrogens (tertiary/aromatic N) is 5. The Balaban J connectivity index is 1.16. The third-order valence-electron chi connectivity index (χ3n) is 5.27. The number of piperazine rings is 1. The highest BCUT2D eigenvalue weighted by atomic mass is 16.3. The highest BCUT2D eigenvalue weighted by Crippen LogP contribution is 2.10. The summed E-state index contributed by atoms with van der Waals surface area (Å²) >= 11 is 0. The van der Waals surface area contributed by atoms with Gasteiger partial charge in [0.15, 0.2) is 5.69 Å². The second-order valence-electron chi connectivity index (χ2n) is 7.54. The lowest BCUT2D eigenvalue weighted by Crippen LogP contribution is -2.45. The van der Waals surface area contributed by atoms with Crippen LogP contribution in [0.5, 0.6) is 0 Å². The number of amides is 1. The number of aromatic nitrogens is 3. The number of oxazole rings is 1. The summed E-state index contributed by atoms with van der Waals surface area (Å²) in [4.78, 5) is 21.3. The summed E-state index contributed by atoms with van der Waals surface area (Å²) in [6.45, 7) is 6.58. The van der Waals surface area contributed by atoms with E-state index in [2.05, 4.69) is 61.6 Å². The minimum Gasteiger partial charge on any atom is -0.447 e. The molecule has 1 N–H and O–H groups in total. The molecule has 1 amide bonds. The Kier molecular flexibility index (Phi) is 7.25. The van der Waals surface area contributed by atoms with Crippen LogP contribution in [0, 0.1) is 0 Å². The third-order valence-corrected chi connectivity index (χ3v) is 5.27. The van der Waals surface area contributed by atoms with Crippen LogP contribution in [0.1, 0.15) is 21.9 Å². The van der Waals surface area contributed by atoms with Gasteiger partial charge in [-0.3, -0.25) is 19.3 Å². The van der Waals surface area contributed by atoms with E-state index in [9.17, 15) is 4.79 Å². The van der Waals surface area contributed by atoms with E-state index >= 15 is 0 Å². The van der Waals surface area contributed by atoms with Gasteiger partial charge in [0.1, 0.15) is 6.26 Å². The van der Waals surface area contributed by atoms with Crippen molar-refractivity contribution >= 4 is 12.0 Å². The van der Waals surface area contributed by atoms with E-state index in [1.54, 1.807) is 10.9 Å². The normalized spacial score (nSPS) is 15.5. The molecule has 0 atom stereocenters. The van der Waals surface area contributed by atoms with Gasteiger partial charge in [-0.25, -0.2) is 4.98 Å². The van der Waals surface area contributed by atoms with Crippen molar-refractivity contribution in [3.05, 3.63) is 78.3 Å². The van der Waals surface area contributed by atoms with Gasteiger partial charge in [0.05, 0.1) is 13.1 Å². The van der Waals surface area contributed by atoms with Crippen LogP contribution in [-0.4, -0.2) is 69.7 Å². The summed E-state index contributed by atoms with van der Waals surface area (Å²) < 4.78 is 7.29. The van der Waals surface area contributed by atoms with Gasteiger partial charge in [-0.1, -0.05) is 42.5 Å². The molecule has 0 spiro atoms. The van der Waals surface area contributed by atoms with Crippen molar-refractivity contribution in [1.82, 2.24) is 29.9 Å². The van der Waals surface area contributed by atoms with Crippen molar-refractivity contribution < 1.29 is 9.21 Å². The second-order valence-corrected chi connectivity index (χ2v) is 7.54. The number of hydrogen-bond donors (Lipinski definition) is 1. The summed E-state index contributed by atoms with van der Waals surface area (Å²) in [7, 11) is 0. The highest BCUT2D eigenvalue weighted by molar-refractivity contribution is 5.91. The van der Waals surface area contributed by atoms with Crippen LogP contribution in [0.15, 0.2) is 65.5 Å². The minimum absolute atomic E-state index is 0.225. The number of benzene rings is 1. The fraction of sp³-hybridized carbons (Fsp3) is 0.348. The maximum atomic E-state index is 12.2. The quantitative estimate of drug-likeness (QED) is 0.571. The van der Waals surface area contributed by atoms with E-state index in [1.165, 1.54) is 11.8 Å². The first-order valence-corrected chi connectivity index (χ1v) is 10.6. The van der Waals surface area contributed by atoms with Crippen LogP contribution in [-0.2, 0) is 13.1 Å². The monoisotopic (exact) mass is 420 g/mol. The molecule has 1 aromatic carbocycles. The van der Waals surface area contributed by atoms with Crippen molar-refractivity contribution in [2.75, 3.05) is 39.3 Å². The zero-order valence-electron chi connectivity index (χ0n) is 17.6. The van der Waals surface area contributed by atoms with Gasteiger partial charge in [-0.2, -0.15) is 5.10 Å². The first-order chi connectivity index (χ1) is 15.3. The summed E-state index contributed by atoms with van der Waals surface area (Å²) in [5.74, 6) is 0.354. The molecule has 0 unspecified atom stereocenters. The summed E-state index contributed by atoms with van der Waals surface area (Å²) in [5, 5.41) is 6.95. The molecule has 0 bridgehead atoms. The molecule has 1 saturated heterocycles. The maximum Gasteiger partial charge on any atom is 0.273 e. The molecule has 4 rings (SSSR count). The Hall–Kier alpha value is -3.23. The molecule has 1 aliphatic rings. The largest absolute Gasteiger partial charge is 0.447 e. The smallest absolute Gasteiger partial charge is 0.273 e. The summed E-state index contributed by atoms with van der Waals surface area (Å²) in [6.07, 6.45) is 9.40. The van der Waals surface area contributed by atoms with E-state index in [0.717, 1.165) is 32.7 Å². The fourth-order valence-corrected chi connectivity index (χ4v) is 3.52. The third kappa shape index (κ3) is 6.37. The molecule has 8 heteroatoms. The Morgan fingerprint density at radius 2 is 1.90 bits per heavy atom. The number of carbonyl (C=O) groups is 1. The molecule has 2 aromatic heterocycles.